The molecule has 0 aromatic rings. The van der Waals surface area contributed by atoms with Gasteiger partial charge in [0.2, 0.25) is 0 Å². The van der Waals surface area contributed by atoms with E-state index >= 15 is 0 Å². The van der Waals surface area contributed by atoms with E-state index in [1.807, 2.05) is 0 Å². The van der Waals surface area contributed by atoms with E-state index in [2.05, 4.69) is 106 Å². The van der Waals surface area contributed by atoms with Gasteiger partial charge in [0, 0.05) is 19.3 Å². The molecule has 6 nitrogen and oxygen atoms in total. The summed E-state index contributed by atoms with van der Waals surface area (Å²) in [5.41, 5.74) is 0. The van der Waals surface area contributed by atoms with Gasteiger partial charge in [0.05, 0.1) is 0 Å². The molecule has 0 aliphatic carbocycles. The lowest BCUT2D eigenvalue weighted by Crippen LogP contribution is -2.30. The normalized spacial score (nSPS) is 12.6. The van der Waals surface area contributed by atoms with Crippen LogP contribution in [0.3, 0.4) is 0 Å². The van der Waals surface area contributed by atoms with Gasteiger partial charge in [0.1, 0.15) is 13.2 Å². The van der Waals surface area contributed by atoms with E-state index in [1.165, 1.54) is 154 Å². The van der Waals surface area contributed by atoms with Crippen LogP contribution in [0.4, 0.5) is 0 Å². The van der Waals surface area contributed by atoms with Crippen LogP contribution in [0.5, 0.6) is 0 Å². The van der Waals surface area contributed by atoms with Crippen molar-refractivity contribution in [3.8, 4) is 0 Å². The van der Waals surface area contributed by atoms with Gasteiger partial charge in [-0.25, -0.2) is 0 Å². The smallest absolute Gasteiger partial charge is 0.306 e. The quantitative estimate of drug-likeness (QED) is 0.0261. The van der Waals surface area contributed by atoms with Crippen molar-refractivity contribution in [3.05, 3.63) is 85.1 Å². The highest BCUT2D eigenvalue weighted by atomic mass is 16.6. The van der Waals surface area contributed by atoms with Crippen LogP contribution in [0.15, 0.2) is 85.1 Å². The zero-order valence-electron chi connectivity index (χ0n) is 51.0. The van der Waals surface area contributed by atoms with Gasteiger partial charge in [-0.2, -0.15) is 0 Å². The Morgan fingerprint density at radius 1 is 0.273 bits per heavy atom. The molecule has 0 heterocycles. The first-order chi connectivity index (χ1) is 38.0. The van der Waals surface area contributed by atoms with Gasteiger partial charge in [-0.1, -0.05) is 305 Å². The maximum atomic E-state index is 12.9. The monoisotopic (exact) mass is 1070 g/mol. The number of carbonyl (C=O) groups is 3. The van der Waals surface area contributed by atoms with Crippen LogP contribution in [0.25, 0.3) is 0 Å². The van der Waals surface area contributed by atoms with E-state index in [9.17, 15) is 14.4 Å². The van der Waals surface area contributed by atoms with Crippen molar-refractivity contribution < 1.29 is 28.6 Å². The number of unbranched alkanes of at least 4 members (excludes halogenated alkanes) is 35. The molecule has 444 valence electrons. The molecule has 0 aliphatic rings. The molecular weight excluding hydrogens is 949 g/mol. The Kier molecular flexibility index (Phi) is 62.2. The highest BCUT2D eigenvalue weighted by molar-refractivity contribution is 5.71. The number of ether oxygens (including phenoxy) is 3. The molecule has 0 amide bonds. The molecule has 1 unspecified atom stereocenters. The van der Waals surface area contributed by atoms with Crippen LogP contribution in [0, 0.1) is 0 Å². The maximum Gasteiger partial charge on any atom is 0.306 e. The highest BCUT2D eigenvalue weighted by Gasteiger charge is 2.19. The average molecular weight is 1070 g/mol. The van der Waals surface area contributed by atoms with Gasteiger partial charge in [0.15, 0.2) is 6.10 Å². The second-order valence-electron chi connectivity index (χ2n) is 22.0. The molecule has 0 spiro atoms. The summed E-state index contributed by atoms with van der Waals surface area (Å²) in [7, 11) is 0. The van der Waals surface area contributed by atoms with Gasteiger partial charge in [-0.05, 0) is 89.9 Å². The minimum Gasteiger partial charge on any atom is -0.462 e. The summed E-state index contributed by atoms with van der Waals surface area (Å²) in [6.07, 6.45) is 86.1. The van der Waals surface area contributed by atoms with Crippen molar-refractivity contribution in [1.82, 2.24) is 0 Å². The predicted octanol–water partition coefficient (Wildman–Crippen LogP) is 22.7. The number of esters is 3. The van der Waals surface area contributed by atoms with Gasteiger partial charge >= 0.3 is 17.9 Å². The Labute approximate surface area is 477 Å². The summed E-state index contributed by atoms with van der Waals surface area (Å²) in [6, 6.07) is 0. The van der Waals surface area contributed by atoms with Crippen LogP contribution in [0.1, 0.15) is 329 Å². The van der Waals surface area contributed by atoms with Gasteiger partial charge in [0.25, 0.3) is 0 Å². The molecule has 0 aliphatic heterocycles. The van der Waals surface area contributed by atoms with Crippen molar-refractivity contribution in [2.45, 2.75) is 335 Å². The Morgan fingerprint density at radius 3 is 0.792 bits per heavy atom. The molecule has 1 atom stereocenters. The fraction of sp³-hybridized carbons (Fsp3) is 0.761. The lowest BCUT2D eigenvalue weighted by Gasteiger charge is -2.18. The zero-order chi connectivity index (χ0) is 55.7. The summed E-state index contributed by atoms with van der Waals surface area (Å²) in [4.78, 5) is 38.3. The van der Waals surface area contributed by atoms with E-state index < -0.39 is 6.10 Å². The molecule has 0 bridgehead atoms. The molecule has 0 saturated carbocycles. The Hall–Kier alpha value is -3.41. The van der Waals surface area contributed by atoms with E-state index in [0.29, 0.717) is 19.3 Å². The molecule has 0 saturated heterocycles. The van der Waals surface area contributed by atoms with Gasteiger partial charge in [-0.15, -0.1) is 0 Å². The first-order valence-corrected chi connectivity index (χ1v) is 33.1. The predicted molar refractivity (Wildman–Crippen MR) is 334 cm³/mol. The number of carbonyl (C=O) groups excluding carboxylic acids is 3. The first kappa shape index (κ1) is 73.6. The summed E-state index contributed by atoms with van der Waals surface area (Å²) < 4.78 is 16.9. The van der Waals surface area contributed by atoms with Crippen LogP contribution < -0.4 is 0 Å². The summed E-state index contributed by atoms with van der Waals surface area (Å²) >= 11 is 0. The molecule has 0 radical (unpaired) electrons. The molecule has 77 heavy (non-hydrogen) atoms. The van der Waals surface area contributed by atoms with Crippen LogP contribution >= 0.6 is 0 Å². The van der Waals surface area contributed by atoms with E-state index in [1.54, 1.807) is 0 Å². The molecule has 0 N–H and O–H groups in total. The molecule has 6 heteroatoms. The third kappa shape index (κ3) is 63.3. The molecule has 0 aromatic carbocycles. The molecule has 0 fully saturated rings. The number of hydrogen-bond donors (Lipinski definition) is 0. The van der Waals surface area contributed by atoms with Crippen molar-refractivity contribution in [3.63, 3.8) is 0 Å². The Bertz CT molecular complexity index is 1470. The summed E-state index contributed by atoms with van der Waals surface area (Å²) in [6.45, 7) is 6.42. The zero-order valence-corrected chi connectivity index (χ0v) is 51.0. The van der Waals surface area contributed by atoms with Crippen molar-refractivity contribution in [2.75, 3.05) is 13.2 Å². The van der Waals surface area contributed by atoms with Crippen molar-refractivity contribution in [2.24, 2.45) is 0 Å². The lowest BCUT2D eigenvalue weighted by molar-refractivity contribution is -0.167. The lowest BCUT2D eigenvalue weighted by atomic mass is 10.0. The van der Waals surface area contributed by atoms with Crippen LogP contribution in [-0.4, -0.2) is 37.2 Å². The number of allylic oxidation sites excluding steroid dienone is 14. The largest absolute Gasteiger partial charge is 0.462 e. The minimum absolute atomic E-state index is 0.0900. The highest BCUT2D eigenvalue weighted by Crippen LogP contribution is 2.18. The summed E-state index contributed by atoms with van der Waals surface area (Å²) in [5.74, 6) is -0.918. The van der Waals surface area contributed by atoms with E-state index in [-0.39, 0.29) is 31.1 Å². The molecular formula is C71H124O6. The second-order valence-corrected chi connectivity index (χ2v) is 22.0. The fourth-order valence-electron chi connectivity index (χ4n) is 9.51. The van der Waals surface area contributed by atoms with Crippen molar-refractivity contribution >= 4 is 17.9 Å². The third-order valence-corrected chi connectivity index (χ3v) is 14.4. The Balaban J connectivity index is 4.29. The number of rotatable bonds is 60. The van der Waals surface area contributed by atoms with Gasteiger partial charge in [-0.3, -0.25) is 14.4 Å². The molecule has 0 aromatic heterocycles. The van der Waals surface area contributed by atoms with Crippen molar-refractivity contribution in [1.29, 1.82) is 0 Å². The SMILES string of the molecule is CC/C=C\C/C=C\C/C=C\C/C=C\CCCCCCC(=O)OC(COC(=O)CCCCCCC/C=C\C/C=C\C/C=C\CC)COC(=O)CCCCCCCCCCCCCCCCCCCCCCCCCCCCC. The standard InChI is InChI=1S/C71H124O6/c1-4-7-10-13-16-19-22-25-28-30-31-32-33-34-35-36-37-38-39-41-43-46-49-52-55-58-61-64-70(73)76-67-68(66-75-69(72)63-60-57-54-51-48-45-42-27-24-21-18-15-12-9-6-3)77-71(74)65-62-59-56-53-50-47-44-40-29-26-23-20-17-14-11-8-5-2/h8-9,11-12,17-18,20-21,26-27,29,42,44,47,68H,4-7,10,13-16,19,22-25,28,30-41,43,45-46,48-67H2,1-3H3/b11-8-,12-9-,20-17-,21-18-,29-26-,42-27-,47-44-. The first-order valence-electron chi connectivity index (χ1n) is 33.1. The van der Waals surface area contributed by atoms with E-state index in [4.69, 9.17) is 14.2 Å². The molecule has 0 rings (SSSR count). The van der Waals surface area contributed by atoms with Crippen LogP contribution in [0.2, 0.25) is 0 Å². The minimum atomic E-state index is -0.797. The second kappa shape index (κ2) is 65.1. The van der Waals surface area contributed by atoms with E-state index in [0.717, 1.165) is 135 Å². The topological polar surface area (TPSA) is 78.9 Å². The maximum absolute atomic E-state index is 12.9. The van der Waals surface area contributed by atoms with Gasteiger partial charge < -0.3 is 14.2 Å². The third-order valence-electron chi connectivity index (χ3n) is 14.4. The van der Waals surface area contributed by atoms with Crippen LogP contribution in [-0.2, 0) is 28.6 Å². The average Bonchev–Trinajstić information content (AvgIpc) is 3.43. The Morgan fingerprint density at radius 2 is 0.506 bits per heavy atom. The fourth-order valence-corrected chi connectivity index (χ4v) is 9.51. The number of hydrogen-bond acceptors (Lipinski definition) is 6. The summed E-state index contributed by atoms with van der Waals surface area (Å²) in [5, 5.41) is 0.